The predicted octanol–water partition coefficient (Wildman–Crippen LogP) is 6.86. The highest BCUT2D eigenvalue weighted by molar-refractivity contribution is 6.32. The summed E-state index contributed by atoms with van der Waals surface area (Å²) in [6, 6.07) is 23.9. The zero-order valence-corrected chi connectivity index (χ0v) is 18.7. The third kappa shape index (κ3) is 5.02. The number of halogens is 1. The van der Waals surface area contributed by atoms with Crippen molar-refractivity contribution in [1.29, 1.82) is 0 Å². The van der Waals surface area contributed by atoms with Crippen LogP contribution in [0.1, 0.15) is 37.6 Å². The Kier molecular flexibility index (Phi) is 6.78. The van der Waals surface area contributed by atoms with Crippen LogP contribution in [0.4, 0.5) is 0 Å². The third-order valence-corrected chi connectivity index (χ3v) is 5.56. The molecule has 0 fully saturated rings. The van der Waals surface area contributed by atoms with E-state index in [1.165, 1.54) is 5.56 Å². The lowest BCUT2D eigenvalue weighted by atomic mass is 10.0. The molecule has 0 unspecified atom stereocenters. The van der Waals surface area contributed by atoms with E-state index in [1.54, 1.807) is 0 Å². The first-order chi connectivity index (χ1) is 15.1. The quantitative estimate of drug-likeness (QED) is 0.270. The Labute approximate surface area is 188 Å². The molecule has 4 nitrogen and oxygen atoms in total. The van der Waals surface area contributed by atoms with E-state index in [4.69, 9.17) is 26.1 Å². The van der Waals surface area contributed by atoms with Gasteiger partial charge in [-0.15, -0.1) is 0 Å². The molecule has 4 rings (SSSR count). The number of aromatic nitrogens is 2. The van der Waals surface area contributed by atoms with E-state index in [-0.39, 0.29) is 0 Å². The molecule has 0 aliphatic heterocycles. The van der Waals surface area contributed by atoms with Gasteiger partial charge in [-0.2, -0.15) is 0 Å². The van der Waals surface area contributed by atoms with Gasteiger partial charge in [-0.1, -0.05) is 67.9 Å². The van der Waals surface area contributed by atoms with Crippen molar-refractivity contribution in [2.24, 2.45) is 0 Å². The van der Waals surface area contributed by atoms with Gasteiger partial charge in [0.15, 0.2) is 0 Å². The highest BCUT2D eigenvalue weighted by Gasteiger charge is 2.12. The second kappa shape index (κ2) is 9.88. The van der Waals surface area contributed by atoms with Gasteiger partial charge >= 0.3 is 0 Å². The molecule has 1 heterocycles. The summed E-state index contributed by atoms with van der Waals surface area (Å²) in [5.41, 5.74) is 3.30. The summed E-state index contributed by atoms with van der Waals surface area (Å²) < 4.78 is 14.3. The Bertz CT molecular complexity index is 1150. The van der Waals surface area contributed by atoms with Crippen molar-refractivity contribution in [2.45, 2.75) is 39.3 Å². The smallest absolute Gasteiger partial charge is 0.148 e. The number of nitrogens with zero attached hydrogens (tertiary/aromatic N) is 2. The minimum Gasteiger partial charge on any atom is -0.493 e. The van der Waals surface area contributed by atoms with Gasteiger partial charge in [-0.3, -0.25) is 0 Å². The Balaban J connectivity index is 1.45. The number of benzene rings is 3. The molecule has 4 aromatic rings. The molecule has 0 N–H and O–H groups in total. The van der Waals surface area contributed by atoms with Crippen LogP contribution in [0.25, 0.3) is 11.0 Å². The maximum atomic E-state index is 6.24. The van der Waals surface area contributed by atoms with Crippen LogP contribution in [-0.4, -0.2) is 16.2 Å². The lowest BCUT2D eigenvalue weighted by Gasteiger charge is -2.15. The molecule has 31 heavy (non-hydrogen) atoms. The highest BCUT2D eigenvalue weighted by atomic mass is 35.5. The fraction of sp³-hybridized carbons (Fsp3) is 0.269. The molecule has 160 valence electrons. The van der Waals surface area contributed by atoms with E-state index >= 15 is 0 Å². The summed E-state index contributed by atoms with van der Waals surface area (Å²) in [5.74, 6) is 2.94. The molecule has 0 aliphatic rings. The second-order valence-corrected chi connectivity index (χ2v) is 8.19. The summed E-state index contributed by atoms with van der Waals surface area (Å²) in [4.78, 5) is 4.79. The van der Waals surface area contributed by atoms with Crippen LogP contribution in [0.2, 0.25) is 5.02 Å². The van der Waals surface area contributed by atoms with Gasteiger partial charge in [0.1, 0.15) is 23.9 Å². The maximum Gasteiger partial charge on any atom is 0.148 e. The lowest BCUT2D eigenvalue weighted by molar-refractivity contribution is 0.279. The SMILES string of the molecule is CC(C)c1ccccc1OCCCn1c(COc2ccccc2Cl)nc2ccccc21. The largest absolute Gasteiger partial charge is 0.493 e. The summed E-state index contributed by atoms with van der Waals surface area (Å²) in [6.07, 6.45) is 0.867. The van der Waals surface area contributed by atoms with Gasteiger partial charge in [0.05, 0.1) is 22.7 Å². The standard InChI is InChI=1S/C26H27ClN2O2/c1-19(2)20-10-3-7-14-24(20)30-17-9-16-29-23-13-6-5-12-22(23)28-26(29)18-31-25-15-8-4-11-21(25)27/h3-8,10-15,19H,9,16-18H2,1-2H3. The number of rotatable bonds is 9. The Hall–Kier alpha value is -2.98. The summed E-state index contributed by atoms with van der Waals surface area (Å²) in [5, 5.41) is 0.599. The van der Waals surface area contributed by atoms with E-state index in [1.807, 2.05) is 54.6 Å². The Morgan fingerprint density at radius 1 is 0.871 bits per heavy atom. The van der Waals surface area contributed by atoms with Gasteiger partial charge in [-0.05, 0) is 48.2 Å². The fourth-order valence-electron chi connectivity index (χ4n) is 3.68. The van der Waals surface area contributed by atoms with Crippen molar-refractivity contribution in [3.05, 3.63) is 89.2 Å². The summed E-state index contributed by atoms with van der Waals surface area (Å²) in [6.45, 7) is 6.16. The molecule has 5 heteroatoms. The average Bonchev–Trinajstić information content (AvgIpc) is 3.14. The van der Waals surface area contributed by atoms with Crippen molar-refractivity contribution in [2.75, 3.05) is 6.61 Å². The lowest BCUT2D eigenvalue weighted by Crippen LogP contribution is -2.10. The van der Waals surface area contributed by atoms with E-state index in [2.05, 4.69) is 36.6 Å². The molecule has 0 saturated heterocycles. The molecule has 3 aromatic carbocycles. The number of hydrogen-bond acceptors (Lipinski definition) is 3. The average molecular weight is 435 g/mol. The number of ether oxygens (including phenoxy) is 2. The minimum absolute atomic E-state index is 0.357. The maximum absolute atomic E-state index is 6.24. The van der Waals surface area contributed by atoms with Crippen molar-refractivity contribution in [3.8, 4) is 11.5 Å². The third-order valence-electron chi connectivity index (χ3n) is 5.25. The molecule has 0 saturated carbocycles. The zero-order chi connectivity index (χ0) is 21.6. The van der Waals surface area contributed by atoms with Gasteiger partial charge in [0.2, 0.25) is 0 Å². The highest BCUT2D eigenvalue weighted by Crippen LogP contribution is 2.27. The van der Waals surface area contributed by atoms with Crippen LogP contribution in [0.3, 0.4) is 0 Å². The van der Waals surface area contributed by atoms with Crippen LogP contribution in [0, 0.1) is 0 Å². The predicted molar refractivity (Wildman–Crippen MR) is 126 cm³/mol. The second-order valence-electron chi connectivity index (χ2n) is 7.78. The first-order valence-electron chi connectivity index (χ1n) is 10.7. The number of hydrogen-bond donors (Lipinski definition) is 0. The first-order valence-corrected chi connectivity index (χ1v) is 11.0. The summed E-state index contributed by atoms with van der Waals surface area (Å²) in [7, 11) is 0. The van der Waals surface area contributed by atoms with Crippen LogP contribution >= 0.6 is 11.6 Å². The van der Waals surface area contributed by atoms with Crippen molar-refractivity contribution < 1.29 is 9.47 Å². The fourth-order valence-corrected chi connectivity index (χ4v) is 3.87. The number of imidazole rings is 1. The molecule has 0 amide bonds. The number of para-hydroxylation sites is 4. The normalized spacial score (nSPS) is 11.2. The van der Waals surface area contributed by atoms with E-state index in [9.17, 15) is 0 Å². The van der Waals surface area contributed by atoms with Crippen molar-refractivity contribution in [3.63, 3.8) is 0 Å². The molecular weight excluding hydrogens is 408 g/mol. The van der Waals surface area contributed by atoms with E-state index in [0.29, 0.717) is 29.9 Å². The van der Waals surface area contributed by atoms with E-state index < -0.39 is 0 Å². The number of fused-ring (bicyclic) bond motifs is 1. The van der Waals surface area contributed by atoms with E-state index in [0.717, 1.165) is 35.6 Å². The van der Waals surface area contributed by atoms with Crippen LogP contribution in [0.5, 0.6) is 11.5 Å². The zero-order valence-electron chi connectivity index (χ0n) is 17.9. The minimum atomic E-state index is 0.357. The van der Waals surface area contributed by atoms with Crippen molar-refractivity contribution in [1.82, 2.24) is 9.55 Å². The molecule has 0 aliphatic carbocycles. The van der Waals surface area contributed by atoms with Crippen molar-refractivity contribution >= 4 is 22.6 Å². The molecule has 0 atom stereocenters. The molecule has 1 aromatic heterocycles. The van der Waals surface area contributed by atoms with Gasteiger partial charge in [0.25, 0.3) is 0 Å². The number of aryl methyl sites for hydroxylation is 1. The van der Waals surface area contributed by atoms with Gasteiger partial charge in [-0.25, -0.2) is 4.98 Å². The molecule has 0 spiro atoms. The molecule has 0 radical (unpaired) electrons. The molecular formula is C26H27ClN2O2. The van der Waals surface area contributed by atoms with Crippen LogP contribution in [-0.2, 0) is 13.2 Å². The van der Waals surface area contributed by atoms with Crippen LogP contribution < -0.4 is 9.47 Å². The van der Waals surface area contributed by atoms with Gasteiger partial charge in [0, 0.05) is 6.54 Å². The Morgan fingerprint density at radius 2 is 1.58 bits per heavy atom. The first kappa shape index (κ1) is 21.3. The Morgan fingerprint density at radius 3 is 2.39 bits per heavy atom. The van der Waals surface area contributed by atoms with Crippen LogP contribution in [0.15, 0.2) is 72.8 Å². The topological polar surface area (TPSA) is 36.3 Å². The molecule has 0 bridgehead atoms. The monoisotopic (exact) mass is 434 g/mol. The summed E-state index contributed by atoms with van der Waals surface area (Å²) >= 11 is 6.24. The van der Waals surface area contributed by atoms with Gasteiger partial charge < -0.3 is 14.0 Å².